The van der Waals surface area contributed by atoms with Gasteiger partial charge in [0.15, 0.2) is 0 Å². The van der Waals surface area contributed by atoms with E-state index in [1.54, 1.807) is 33.9 Å². The predicted molar refractivity (Wildman–Crippen MR) is 173 cm³/mol. The summed E-state index contributed by atoms with van der Waals surface area (Å²) in [6.45, 7) is 17.9. The van der Waals surface area contributed by atoms with Gasteiger partial charge in [-0.15, -0.1) is 13.2 Å². The largest absolute Gasteiger partial charge is 0.394 e. The number of hydrogen-bond donors (Lipinski definition) is 1. The molecule has 9 nitrogen and oxygen atoms in total. The number of carbonyl (C=O) groups excluding carboxylic acids is 3. The Morgan fingerprint density at radius 3 is 2.26 bits per heavy atom. The molecule has 0 saturated carbocycles. The first-order valence-corrected chi connectivity index (χ1v) is 16.3. The lowest BCUT2D eigenvalue weighted by molar-refractivity contribution is -0.147. The van der Waals surface area contributed by atoms with Gasteiger partial charge in [0.05, 0.1) is 30.6 Å². The molecule has 43 heavy (non-hydrogen) atoms. The molecule has 2 bridgehead atoms. The fourth-order valence-electron chi connectivity index (χ4n) is 7.41. The fraction of sp³-hybridized carbons (Fsp3) is 0.606. The molecule has 1 N–H and O–H groups in total. The lowest BCUT2D eigenvalue weighted by atomic mass is 9.70. The third-order valence-electron chi connectivity index (χ3n) is 9.24. The Hall–Kier alpha value is -2.69. The third kappa shape index (κ3) is 5.78. The summed E-state index contributed by atoms with van der Waals surface area (Å²) in [6, 6.07) is 6.21. The van der Waals surface area contributed by atoms with Crippen molar-refractivity contribution in [1.82, 2.24) is 9.80 Å². The van der Waals surface area contributed by atoms with E-state index < -0.39 is 35.6 Å². The lowest BCUT2D eigenvalue weighted by Gasteiger charge is -2.40. The Labute approximate surface area is 264 Å². The van der Waals surface area contributed by atoms with E-state index >= 15 is 0 Å². The van der Waals surface area contributed by atoms with Gasteiger partial charge in [-0.05, 0) is 56.9 Å². The molecule has 3 aliphatic heterocycles. The van der Waals surface area contributed by atoms with Crippen LogP contribution in [0.5, 0.6) is 0 Å². The minimum atomic E-state index is -1.21. The number of halogens is 1. The predicted octanol–water partition coefficient (Wildman–Crippen LogP) is 3.85. The summed E-state index contributed by atoms with van der Waals surface area (Å²) in [5, 5.41) is 10.6. The number of carbonyl (C=O) groups is 3. The number of aliphatic hydroxyl groups excluding tert-OH is 1. The Morgan fingerprint density at radius 2 is 1.72 bits per heavy atom. The summed E-state index contributed by atoms with van der Waals surface area (Å²) in [7, 11) is 1.69. The Morgan fingerprint density at radius 1 is 1.12 bits per heavy atom. The molecule has 3 fully saturated rings. The number of benzene rings is 1. The molecule has 236 valence electrons. The molecule has 7 atom stereocenters. The number of rotatable bonds is 14. The van der Waals surface area contributed by atoms with E-state index in [0.717, 1.165) is 18.8 Å². The van der Waals surface area contributed by atoms with Gasteiger partial charge >= 0.3 is 0 Å². The normalized spacial score (nSPS) is 28.1. The zero-order valence-corrected chi connectivity index (χ0v) is 27.7. The van der Waals surface area contributed by atoms with Crippen molar-refractivity contribution in [3.8, 4) is 0 Å². The average Bonchev–Trinajstić information content (AvgIpc) is 3.58. The van der Waals surface area contributed by atoms with Crippen LogP contribution < -0.4 is 9.80 Å². The van der Waals surface area contributed by atoms with E-state index in [1.165, 1.54) is 0 Å². The van der Waals surface area contributed by atoms with Gasteiger partial charge in [-0.1, -0.05) is 41.9 Å². The van der Waals surface area contributed by atoms with Crippen molar-refractivity contribution in [1.29, 1.82) is 0 Å². The molecular formula is C33H47BrN4O5. The Balaban J connectivity index is 1.82. The van der Waals surface area contributed by atoms with Crippen LogP contribution in [0.15, 0.2) is 49.6 Å². The molecule has 10 heteroatoms. The quantitative estimate of drug-likeness (QED) is 0.241. The van der Waals surface area contributed by atoms with Crippen LogP contribution in [0.3, 0.4) is 0 Å². The molecule has 0 radical (unpaired) electrons. The van der Waals surface area contributed by atoms with E-state index in [2.05, 4.69) is 47.8 Å². The molecule has 3 aliphatic rings. The number of alkyl halides is 1. The summed E-state index contributed by atoms with van der Waals surface area (Å²) >= 11 is 3.74. The SMILES string of the molecule is C=CCN(C)C(=O)[C@H]1[C@@H]2OC3(CC2Br)C(C(=O)N(CC=C)c2ccc(N(CC)CC)cc2)N([C@@H](CO)CC(C)C)C(=O)[C@H]13. The standard InChI is InChI=1S/C33H47BrN4O5/c1-8-16-35(7)30(40)26-27-31(41)38(24(20-39)18-21(5)6)29(33(27)19-25(34)28(26)43-33)32(42)37(17-9-2)23-14-12-22(13-15-23)36(10-3)11-4/h8-9,12-15,21,24-29,39H,1-2,10-11,16-20H2,3-7H3/t24-,25?,26-,27+,28-,29?,33?/m1/s1. The molecule has 3 heterocycles. The van der Waals surface area contributed by atoms with Gasteiger partial charge in [-0.25, -0.2) is 0 Å². The highest BCUT2D eigenvalue weighted by atomic mass is 79.9. The summed E-state index contributed by atoms with van der Waals surface area (Å²) in [5.74, 6) is -2.25. The van der Waals surface area contributed by atoms with Crippen LogP contribution in [0.25, 0.3) is 0 Å². The minimum Gasteiger partial charge on any atom is -0.394 e. The number of nitrogens with zero attached hydrogens (tertiary/aromatic N) is 4. The van der Waals surface area contributed by atoms with Crippen molar-refractivity contribution >= 4 is 45.0 Å². The number of hydrogen-bond acceptors (Lipinski definition) is 6. The molecule has 1 aromatic carbocycles. The van der Waals surface area contributed by atoms with Crippen LogP contribution in [0.4, 0.5) is 11.4 Å². The molecular weight excluding hydrogens is 612 g/mol. The number of likely N-dealkylation sites (N-methyl/N-ethyl adjacent to an activating group) is 1. The molecule has 1 aromatic rings. The van der Waals surface area contributed by atoms with E-state index in [1.807, 2.05) is 38.1 Å². The monoisotopic (exact) mass is 658 g/mol. The van der Waals surface area contributed by atoms with Crippen molar-refractivity contribution in [2.24, 2.45) is 17.8 Å². The highest BCUT2D eigenvalue weighted by Crippen LogP contribution is 2.61. The van der Waals surface area contributed by atoms with Crippen LogP contribution in [0, 0.1) is 17.8 Å². The summed E-state index contributed by atoms with van der Waals surface area (Å²) in [5.41, 5.74) is 0.518. The minimum absolute atomic E-state index is 0.160. The topological polar surface area (TPSA) is 93.6 Å². The number of fused-ring (bicyclic) bond motifs is 1. The van der Waals surface area contributed by atoms with Gasteiger partial charge in [-0.3, -0.25) is 14.4 Å². The first-order valence-electron chi connectivity index (χ1n) is 15.4. The van der Waals surface area contributed by atoms with Gasteiger partial charge in [0.2, 0.25) is 11.8 Å². The van der Waals surface area contributed by atoms with E-state index in [0.29, 0.717) is 25.1 Å². The highest BCUT2D eigenvalue weighted by molar-refractivity contribution is 9.09. The van der Waals surface area contributed by atoms with Gasteiger partial charge in [0.25, 0.3) is 5.91 Å². The molecule has 3 unspecified atom stereocenters. The second-order valence-electron chi connectivity index (χ2n) is 12.3. The van der Waals surface area contributed by atoms with Gasteiger partial charge < -0.3 is 29.4 Å². The van der Waals surface area contributed by atoms with Gasteiger partial charge in [0, 0.05) is 49.4 Å². The van der Waals surface area contributed by atoms with E-state index in [-0.39, 0.29) is 41.6 Å². The first-order chi connectivity index (χ1) is 20.5. The maximum atomic E-state index is 14.9. The van der Waals surface area contributed by atoms with Crippen molar-refractivity contribution in [2.75, 3.05) is 49.6 Å². The number of anilines is 2. The first kappa shape index (κ1) is 33.2. The number of ether oxygens (including phenoxy) is 1. The summed E-state index contributed by atoms with van der Waals surface area (Å²) in [4.78, 5) is 49.9. The van der Waals surface area contributed by atoms with Crippen molar-refractivity contribution in [2.45, 2.75) is 69.2 Å². The fourth-order valence-corrected chi connectivity index (χ4v) is 8.35. The maximum absolute atomic E-state index is 14.9. The molecule has 3 saturated heterocycles. The summed E-state index contributed by atoms with van der Waals surface area (Å²) in [6.07, 6.45) is 3.67. The van der Waals surface area contributed by atoms with Crippen molar-refractivity contribution < 1.29 is 24.2 Å². The molecule has 4 rings (SSSR count). The second-order valence-corrected chi connectivity index (χ2v) is 13.5. The maximum Gasteiger partial charge on any atom is 0.253 e. The Kier molecular flexibility index (Phi) is 10.4. The number of amides is 3. The zero-order chi connectivity index (χ0) is 31.6. The third-order valence-corrected chi connectivity index (χ3v) is 10.1. The summed E-state index contributed by atoms with van der Waals surface area (Å²) < 4.78 is 6.69. The molecule has 0 aliphatic carbocycles. The van der Waals surface area contributed by atoms with Crippen LogP contribution in [0.2, 0.25) is 0 Å². The molecule has 1 spiro atoms. The van der Waals surface area contributed by atoms with Crippen LogP contribution >= 0.6 is 15.9 Å². The lowest BCUT2D eigenvalue weighted by Crippen LogP contribution is -2.59. The van der Waals surface area contributed by atoms with Gasteiger partial charge in [-0.2, -0.15) is 0 Å². The van der Waals surface area contributed by atoms with E-state index in [4.69, 9.17) is 4.74 Å². The number of likely N-dealkylation sites (tertiary alicyclic amines) is 1. The van der Waals surface area contributed by atoms with Crippen molar-refractivity contribution in [3.63, 3.8) is 0 Å². The van der Waals surface area contributed by atoms with Crippen LogP contribution in [0.1, 0.15) is 40.5 Å². The van der Waals surface area contributed by atoms with Crippen LogP contribution in [-0.4, -0.2) is 101 Å². The molecule has 0 aromatic heterocycles. The second kappa shape index (κ2) is 13.5. The average molecular weight is 660 g/mol. The van der Waals surface area contributed by atoms with Crippen molar-refractivity contribution in [3.05, 3.63) is 49.6 Å². The Bertz CT molecular complexity index is 1200. The number of aliphatic hydroxyl groups is 1. The molecule has 3 amide bonds. The zero-order valence-electron chi connectivity index (χ0n) is 26.1. The smallest absolute Gasteiger partial charge is 0.253 e. The highest BCUT2D eigenvalue weighted by Gasteiger charge is 2.77. The van der Waals surface area contributed by atoms with Gasteiger partial charge in [0.1, 0.15) is 11.6 Å². The van der Waals surface area contributed by atoms with E-state index in [9.17, 15) is 19.5 Å². The van der Waals surface area contributed by atoms with Crippen LogP contribution in [-0.2, 0) is 19.1 Å².